The van der Waals surface area contributed by atoms with Crippen LogP contribution in [0.2, 0.25) is 0 Å². The van der Waals surface area contributed by atoms with Crippen LogP contribution in [-0.4, -0.2) is 11.6 Å². The van der Waals surface area contributed by atoms with Crippen LogP contribution in [0.3, 0.4) is 0 Å². The van der Waals surface area contributed by atoms with Gasteiger partial charge in [-0.2, -0.15) is 0 Å². The van der Waals surface area contributed by atoms with E-state index < -0.39 is 0 Å². The standard InChI is InChI=1S/C17H18O2/c1-5-12(3)14(6-2)16(18)11-17(19)15-10-8-7-9-13(15)4/h5-10H,1-2,11H2,3-4H3/b14-12+. The molecular weight excluding hydrogens is 236 g/mol. The smallest absolute Gasteiger partial charge is 0.170 e. The fourth-order valence-corrected chi connectivity index (χ4v) is 1.83. The van der Waals surface area contributed by atoms with Crippen LogP contribution in [0.25, 0.3) is 0 Å². The van der Waals surface area contributed by atoms with E-state index in [1.165, 1.54) is 6.08 Å². The Morgan fingerprint density at radius 3 is 2.32 bits per heavy atom. The maximum atomic E-state index is 12.1. The summed E-state index contributed by atoms with van der Waals surface area (Å²) in [5.74, 6) is -0.389. The summed E-state index contributed by atoms with van der Waals surface area (Å²) in [6.45, 7) is 10.9. The van der Waals surface area contributed by atoms with Gasteiger partial charge in [0.15, 0.2) is 11.6 Å². The molecule has 0 atom stereocenters. The number of carbonyl (C=O) groups excluding carboxylic acids is 2. The molecule has 1 rings (SSSR count). The molecule has 2 heteroatoms. The van der Waals surface area contributed by atoms with Crippen LogP contribution in [0.5, 0.6) is 0 Å². The van der Waals surface area contributed by atoms with Crippen LogP contribution in [0, 0.1) is 6.92 Å². The zero-order chi connectivity index (χ0) is 14.4. The SMILES string of the molecule is C=C/C(C)=C(\C=C)C(=O)CC(=O)c1ccccc1C. The summed E-state index contributed by atoms with van der Waals surface area (Å²) in [4.78, 5) is 24.2. The summed E-state index contributed by atoms with van der Waals surface area (Å²) >= 11 is 0. The van der Waals surface area contributed by atoms with E-state index >= 15 is 0 Å². The van der Waals surface area contributed by atoms with Gasteiger partial charge in [-0.25, -0.2) is 0 Å². The second-order valence-electron chi connectivity index (χ2n) is 4.34. The van der Waals surface area contributed by atoms with E-state index in [0.717, 1.165) is 11.1 Å². The Morgan fingerprint density at radius 2 is 1.79 bits per heavy atom. The summed E-state index contributed by atoms with van der Waals surface area (Å²) in [6.07, 6.45) is 2.93. The predicted molar refractivity (Wildman–Crippen MR) is 78.2 cm³/mol. The van der Waals surface area contributed by atoms with E-state index in [-0.39, 0.29) is 18.0 Å². The summed E-state index contributed by atoms with van der Waals surface area (Å²) in [7, 11) is 0. The molecule has 0 aliphatic heterocycles. The molecule has 0 saturated heterocycles. The monoisotopic (exact) mass is 254 g/mol. The lowest BCUT2D eigenvalue weighted by Gasteiger charge is -2.06. The number of hydrogen-bond donors (Lipinski definition) is 0. The third-order valence-electron chi connectivity index (χ3n) is 3.00. The molecule has 2 nitrogen and oxygen atoms in total. The number of allylic oxidation sites excluding steroid dienone is 4. The lowest BCUT2D eigenvalue weighted by Crippen LogP contribution is -2.11. The fraction of sp³-hybridized carbons (Fsp3) is 0.176. The van der Waals surface area contributed by atoms with Crippen LogP contribution in [0.4, 0.5) is 0 Å². The highest BCUT2D eigenvalue weighted by Gasteiger charge is 2.16. The first kappa shape index (κ1) is 14.8. The first-order chi connectivity index (χ1) is 9.01. The quantitative estimate of drug-likeness (QED) is 0.334. The van der Waals surface area contributed by atoms with Crippen molar-refractivity contribution in [3.63, 3.8) is 0 Å². The highest BCUT2D eigenvalue weighted by Crippen LogP contribution is 2.14. The molecule has 19 heavy (non-hydrogen) atoms. The van der Waals surface area contributed by atoms with Crippen molar-refractivity contribution >= 4 is 11.6 Å². The Kier molecular flexibility index (Phi) is 5.19. The fourth-order valence-electron chi connectivity index (χ4n) is 1.83. The molecule has 0 saturated carbocycles. The van der Waals surface area contributed by atoms with Gasteiger partial charge < -0.3 is 0 Å². The van der Waals surface area contributed by atoms with E-state index in [1.54, 1.807) is 25.1 Å². The van der Waals surface area contributed by atoms with Crippen molar-refractivity contribution in [3.05, 3.63) is 71.8 Å². The second kappa shape index (κ2) is 6.64. The molecule has 0 aliphatic carbocycles. The van der Waals surface area contributed by atoms with Crippen molar-refractivity contribution in [1.82, 2.24) is 0 Å². The topological polar surface area (TPSA) is 34.1 Å². The number of aryl methyl sites for hydroxylation is 1. The van der Waals surface area contributed by atoms with Gasteiger partial charge in [-0.1, -0.05) is 49.6 Å². The largest absolute Gasteiger partial charge is 0.294 e. The van der Waals surface area contributed by atoms with Gasteiger partial charge in [0.2, 0.25) is 0 Å². The molecule has 0 fully saturated rings. The summed E-state index contributed by atoms with van der Waals surface area (Å²) in [6, 6.07) is 7.26. The highest BCUT2D eigenvalue weighted by atomic mass is 16.1. The number of carbonyl (C=O) groups is 2. The van der Waals surface area contributed by atoms with Crippen molar-refractivity contribution in [2.24, 2.45) is 0 Å². The summed E-state index contributed by atoms with van der Waals surface area (Å²) < 4.78 is 0. The number of Topliss-reactive ketones (excluding diaryl/α,β-unsaturated/α-hetero) is 2. The third kappa shape index (κ3) is 3.62. The second-order valence-corrected chi connectivity index (χ2v) is 4.34. The van der Waals surface area contributed by atoms with Gasteiger partial charge >= 0.3 is 0 Å². The molecule has 0 aliphatic rings. The molecule has 0 N–H and O–H groups in total. The summed E-state index contributed by atoms with van der Waals surface area (Å²) in [5, 5.41) is 0. The Balaban J connectivity index is 2.95. The third-order valence-corrected chi connectivity index (χ3v) is 3.00. The van der Waals surface area contributed by atoms with E-state index in [2.05, 4.69) is 13.2 Å². The van der Waals surface area contributed by atoms with Crippen molar-refractivity contribution in [3.8, 4) is 0 Å². The number of benzene rings is 1. The normalized spacial score (nSPS) is 11.5. The van der Waals surface area contributed by atoms with E-state index in [9.17, 15) is 9.59 Å². The Bertz CT molecular complexity index is 562. The molecule has 1 aromatic carbocycles. The summed E-state index contributed by atoms with van der Waals surface area (Å²) in [5.41, 5.74) is 2.66. The van der Waals surface area contributed by atoms with Crippen LogP contribution in [0.1, 0.15) is 29.3 Å². The van der Waals surface area contributed by atoms with Gasteiger partial charge in [-0.3, -0.25) is 9.59 Å². The average molecular weight is 254 g/mol. The molecule has 0 aromatic heterocycles. The molecule has 0 heterocycles. The zero-order valence-corrected chi connectivity index (χ0v) is 11.4. The molecule has 98 valence electrons. The van der Waals surface area contributed by atoms with Crippen molar-refractivity contribution < 1.29 is 9.59 Å². The predicted octanol–water partition coefficient (Wildman–Crippen LogP) is 3.83. The lowest BCUT2D eigenvalue weighted by molar-refractivity contribution is -0.114. The first-order valence-electron chi connectivity index (χ1n) is 6.09. The minimum atomic E-state index is -0.222. The molecule has 1 aromatic rings. The first-order valence-corrected chi connectivity index (χ1v) is 6.09. The van der Waals surface area contributed by atoms with Crippen LogP contribution in [-0.2, 0) is 4.79 Å². The Hall–Kier alpha value is -2.22. The maximum absolute atomic E-state index is 12.1. The molecule has 0 bridgehead atoms. The molecule has 0 radical (unpaired) electrons. The average Bonchev–Trinajstić information content (AvgIpc) is 2.39. The van der Waals surface area contributed by atoms with Gasteiger partial charge in [0.1, 0.15) is 0 Å². The van der Waals surface area contributed by atoms with Crippen LogP contribution < -0.4 is 0 Å². The number of rotatable bonds is 6. The van der Waals surface area contributed by atoms with Crippen molar-refractivity contribution in [1.29, 1.82) is 0 Å². The highest BCUT2D eigenvalue weighted by molar-refractivity contribution is 6.15. The van der Waals surface area contributed by atoms with Crippen LogP contribution >= 0.6 is 0 Å². The van der Waals surface area contributed by atoms with E-state index in [1.807, 2.05) is 19.1 Å². The van der Waals surface area contributed by atoms with Gasteiger partial charge in [0.25, 0.3) is 0 Å². The van der Waals surface area contributed by atoms with Crippen molar-refractivity contribution in [2.45, 2.75) is 20.3 Å². The minimum absolute atomic E-state index is 0.141. The lowest BCUT2D eigenvalue weighted by atomic mass is 9.96. The molecule has 0 spiro atoms. The maximum Gasteiger partial charge on any atom is 0.170 e. The van der Waals surface area contributed by atoms with E-state index in [4.69, 9.17) is 0 Å². The Labute approximate surface area is 114 Å². The molecular formula is C17H18O2. The molecule has 0 amide bonds. The number of ketones is 2. The van der Waals surface area contributed by atoms with Crippen molar-refractivity contribution in [2.75, 3.05) is 0 Å². The molecule has 0 unspecified atom stereocenters. The van der Waals surface area contributed by atoms with Gasteiger partial charge in [0.05, 0.1) is 6.42 Å². The van der Waals surface area contributed by atoms with Gasteiger partial charge in [-0.05, 0) is 25.0 Å². The zero-order valence-electron chi connectivity index (χ0n) is 11.4. The van der Waals surface area contributed by atoms with Crippen LogP contribution in [0.15, 0.2) is 60.7 Å². The number of hydrogen-bond acceptors (Lipinski definition) is 2. The van der Waals surface area contributed by atoms with E-state index in [0.29, 0.717) is 11.1 Å². The van der Waals surface area contributed by atoms with Gasteiger partial charge in [-0.15, -0.1) is 0 Å². The van der Waals surface area contributed by atoms with Gasteiger partial charge in [0, 0.05) is 11.1 Å². The Morgan fingerprint density at radius 1 is 1.16 bits per heavy atom. The minimum Gasteiger partial charge on any atom is -0.294 e.